The van der Waals surface area contributed by atoms with Crippen LogP contribution in [0.2, 0.25) is 0 Å². The lowest BCUT2D eigenvalue weighted by Gasteiger charge is -2.36. The zero-order valence-corrected chi connectivity index (χ0v) is 17.8. The lowest BCUT2D eigenvalue weighted by Crippen LogP contribution is -2.47. The van der Waals surface area contributed by atoms with Crippen LogP contribution in [0.15, 0.2) is 23.8 Å². The van der Waals surface area contributed by atoms with Gasteiger partial charge in [0, 0.05) is 13.1 Å². The number of nitriles is 1. The number of carbonyl (C=O) groups excluding carboxylic acids is 2. The molecule has 1 N–H and O–H groups in total. The molecule has 3 rings (SSSR count). The summed E-state index contributed by atoms with van der Waals surface area (Å²) in [5, 5.41) is 16.1. The summed E-state index contributed by atoms with van der Waals surface area (Å²) < 4.78 is 0. The molecule has 0 aromatic heterocycles. The van der Waals surface area contributed by atoms with Gasteiger partial charge in [-0.2, -0.15) is 5.26 Å². The van der Waals surface area contributed by atoms with Crippen molar-refractivity contribution in [3.63, 3.8) is 0 Å². The van der Waals surface area contributed by atoms with Crippen LogP contribution in [0.1, 0.15) is 71.1 Å². The van der Waals surface area contributed by atoms with Gasteiger partial charge in [-0.1, -0.05) is 50.7 Å². The first-order valence-electron chi connectivity index (χ1n) is 11.2. The third kappa shape index (κ3) is 5.08. The summed E-state index contributed by atoms with van der Waals surface area (Å²) in [7, 11) is 1.91. The highest BCUT2D eigenvalue weighted by Gasteiger charge is 2.46. The van der Waals surface area contributed by atoms with Crippen molar-refractivity contribution < 1.29 is 9.59 Å². The number of hydrazine groups is 1. The third-order valence-corrected chi connectivity index (χ3v) is 6.77. The van der Waals surface area contributed by atoms with E-state index in [9.17, 15) is 14.9 Å². The molecule has 29 heavy (non-hydrogen) atoms. The molecule has 158 valence electrons. The highest BCUT2D eigenvalue weighted by molar-refractivity contribution is 6.00. The highest BCUT2D eigenvalue weighted by Crippen LogP contribution is 2.29. The van der Waals surface area contributed by atoms with Crippen molar-refractivity contribution in [3.05, 3.63) is 23.8 Å². The zero-order valence-electron chi connectivity index (χ0n) is 17.8. The minimum atomic E-state index is -0.617. The van der Waals surface area contributed by atoms with Crippen molar-refractivity contribution in [2.24, 2.45) is 5.92 Å². The van der Waals surface area contributed by atoms with Crippen molar-refractivity contribution >= 4 is 11.8 Å². The average molecular weight is 399 g/mol. The maximum Gasteiger partial charge on any atom is 0.262 e. The van der Waals surface area contributed by atoms with E-state index in [0.29, 0.717) is 5.92 Å². The minimum absolute atomic E-state index is 0.0517. The van der Waals surface area contributed by atoms with Crippen molar-refractivity contribution in [1.82, 2.24) is 15.3 Å². The van der Waals surface area contributed by atoms with E-state index < -0.39 is 11.9 Å². The van der Waals surface area contributed by atoms with Gasteiger partial charge in [-0.25, -0.2) is 5.01 Å². The van der Waals surface area contributed by atoms with Crippen molar-refractivity contribution in [3.8, 4) is 6.07 Å². The van der Waals surface area contributed by atoms with Gasteiger partial charge >= 0.3 is 0 Å². The number of hydrogen-bond acceptors (Lipinski definition) is 4. The van der Waals surface area contributed by atoms with Gasteiger partial charge in [0.15, 0.2) is 0 Å². The maximum atomic E-state index is 13.0. The summed E-state index contributed by atoms with van der Waals surface area (Å²) in [5.74, 6) is 0.0114. The molecule has 6 heteroatoms. The molecule has 0 radical (unpaired) electrons. The molecule has 0 spiro atoms. The molecule has 0 bridgehead atoms. The van der Waals surface area contributed by atoms with E-state index in [0.717, 1.165) is 25.7 Å². The molecule has 6 nitrogen and oxygen atoms in total. The zero-order chi connectivity index (χ0) is 20.8. The Morgan fingerprint density at radius 3 is 2.34 bits per heavy atom. The second-order valence-corrected chi connectivity index (χ2v) is 8.72. The van der Waals surface area contributed by atoms with Crippen LogP contribution in [-0.2, 0) is 9.59 Å². The van der Waals surface area contributed by atoms with Gasteiger partial charge in [-0.05, 0) is 44.6 Å². The molecule has 2 atom stereocenters. The molecule has 2 saturated carbocycles. The fraction of sp³-hybridized carbons (Fsp3) is 0.696. The predicted octanol–water partition coefficient (Wildman–Crippen LogP) is 3.47. The molecule has 1 saturated heterocycles. The standard InChI is InChI=1S/C23H34N4O2/c1-17-21(23(29)27(26(17)2)20-14-7-4-8-15-20)25-22(28)19(16-24)13-9-12-18-10-5-3-6-11-18/h9,12-13,17-18,20-21H,3-8,10-11,14-15H2,1-2H3,(H,25,28)/b12-9+,19-13+. The molecule has 2 amide bonds. The number of likely N-dealkylation sites (N-methyl/N-ethyl adjacent to an activating group) is 1. The highest BCUT2D eigenvalue weighted by atomic mass is 16.2. The minimum Gasteiger partial charge on any atom is -0.338 e. The Kier molecular flexibility index (Phi) is 7.49. The number of amides is 2. The van der Waals surface area contributed by atoms with Gasteiger partial charge < -0.3 is 5.32 Å². The number of carbonyl (C=O) groups is 2. The lowest BCUT2D eigenvalue weighted by atomic mass is 9.89. The molecule has 0 aromatic carbocycles. The Hall–Kier alpha value is -2.13. The number of nitrogens with one attached hydrogen (secondary N) is 1. The Balaban J connectivity index is 1.63. The topological polar surface area (TPSA) is 76.4 Å². The molecular formula is C23H34N4O2. The van der Waals surface area contributed by atoms with Crippen LogP contribution in [0.5, 0.6) is 0 Å². The van der Waals surface area contributed by atoms with Gasteiger partial charge in [0.05, 0.1) is 6.04 Å². The summed E-state index contributed by atoms with van der Waals surface area (Å²) >= 11 is 0. The first-order chi connectivity index (χ1) is 14.0. The van der Waals surface area contributed by atoms with Gasteiger partial charge in [-0.15, -0.1) is 0 Å². The molecule has 2 unspecified atom stereocenters. The molecule has 0 aromatic rings. The summed E-state index contributed by atoms with van der Waals surface area (Å²) in [4.78, 5) is 25.7. The third-order valence-electron chi connectivity index (χ3n) is 6.77. The van der Waals surface area contributed by atoms with E-state index in [-0.39, 0.29) is 23.6 Å². The van der Waals surface area contributed by atoms with Gasteiger partial charge in [0.25, 0.3) is 11.8 Å². The smallest absolute Gasteiger partial charge is 0.262 e. The average Bonchev–Trinajstić information content (AvgIpc) is 2.95. The molecular weight excluding hydrogens is 364 g/mol. The Bertz CT molecular complexity index is 696. The SMILES string of the molecule is CC1C(NC(=O)/C(C#N)=C/C=C/C2CCCCC2)C(=O)N(C2CCCCC2)N1C. The Morgan fingerprint density at radius 1 is 1.10 bits per heavy atom. The number of rotatable bonds is 5. The van der Waals surface area contributed by atoms with E-state index in [2.05, 4.69) is 11.4 Å². The predicted molar refractivity (Wildman–Crippen MR) is 112 cm³/mol. The van der Waals surface area contributed by atoms with Gasteiger partial charge in [0.1, 0.15) is 17.7 Å². The number of hydrogen-bond donors (Lipinski definition) is 1. The maximum absolute atomic E-state index is 13.0. The molecule has 2 aliphatic carbocycles. The summed E-state index contributed by atoms with van der Waals surface area (Å²) in [5.41, 5.74) is 0.0517. The first kappa shape index (κ1) is 21.6. The monoisotopic (exact) mass is 398 g/mol. The fourth-order valence-corrected chi connectivity index (χ4v) is 4.88. The largest absolute Gasteiger partial charge is 0.338 e. The van der Waals surface area contributed by atoms with Crippen LogP contribution >= 0.6 is 0 Å². The second kappa shape index (κ2) is 10.1. The van der Waals surface area contributed by atoms with Crippen molar-refractivity contribution in [1.29, 1.82) is 5.26 Å². The summed E-state index contributed by atoms with van der Waals surface area (Å²) in [6.45, 7) is 1.95. The van der Waals surface area contributed by atoms with E-state index in [1.807, 2.05) is 36.1 Å². The second-order valence-electron chi connectivity index (χ2n) is 8.72. The molecule has 3 fully saturated rings. The lowest BCUT2D eigenvalue weighted by molar-refractivity contribution is -0.144. The van der Waals surface area contributed by atoms with Crippen LogP contribution in [0, 0.1) is 17.2 Å². The Labute approximate surface area is 174 Å². The van der Waals surface area contributed by atoms with Crippen molar-refractivity contribution in [2.45, 2.75) is 89.3 Å². The normalized spacial score (nSPS) is 28.1. The van der Waals surface area contributed by atoms with Crippen molar-refractivity contribution in [2.75, 3.05) is 7.05 Å². The number of allylic oxidation sites excluding steroid dienone is 3. The van der Waals surface area contributed by atoms with Crippen LogP contribution in [0.3, 0.4) is 0 Å². The molecule has 1 aliphatic heterocycles. The van der Waals surface area contributed by atoms with Gasteiger partial charge in [0.2, 0.25) is 0 Å². The van der Waals surface area contributed by atoms with Crippen LogP contribution in [-0.4, -0.2) is 47.0 Å². The van der Waals surface area contributed by atoms with Crippen LogP contribution < -0.4 is 5.32 Å². The first-order valence-corrected chi connectivity index (χ1v) is 11.2. The number of nitrogens with zero attached hydrogens (tertiary/aromatic N) is 3. The van der Waals surface area contributed by atoms with Crippen LogP contribution in [0.25, 0.3) is 0 Å². The van der Waals surface area contributed by atoms with E-state index in [4.69, 9.17) is 0 Å². The Morgan fingerprint density at radius 2 is 1.72 bits per heavy atom. The van der Waals surface area contributed by atoms with Crippen LogP contribution in [0.4, 0.5) is 0 Å². The van der Waals surface area contributed by atoms with E-state index in [1.165, 1.54) is 38.5 Å². The molecule has 3 aliphatic rings. The summed E-state index contributed by atoms with van der Waals surface area (Å²) in [6.07, 6.45) is 17.2. The van der Waals surface area contributed by atoms with Gasteiger partial charge in [-0.3, -0.25) is 14.6 Å². The fourth-order valence-electron chi connectivity index (χ4n) is 4.88. The van der Waals surface area contributed by atoms with E-state index in [1.54, 1.807) is 6.08 Å². The summed E-state index contributed by atoms with van der Waals surface area (Å²) in [6, 6.07) is 1.46. The van der Waals surface area contributed by atoms with E-state index >= 15 is 0 Å². The molecule has 1 heterocycles. The quantitative estimate of drug-likeness (QED) is 0.437.